The van der Waals surface area contributed by atoms with Gasteiger partial charge in [0.25, 0.3) is 0 Å². The van der Waals surface area contributed by atoms with E-state index in [0.717, 1.165) is 11.3 Å². The first kappa shape index (κ1) is 11.6. The first-order valence-electron chi connectivity index (χ1n) is 5.14. The Hall–Kier alpha value is -1.51. The molecule has 0 aromatic heterocycles. The Morgan fingerprint density at radius 2 is 2.27 bits per heavy atom. The molecule has 15 heavy (non-hydrogen) atoms. The highest BCUT2D eigenvalue weighted by Gasteiger charge is 2.11. The second-order valence-electron chi connectivity index (χ2n) is 3.58. The maximum atomic E-state index is 11.3. The molecule has 1 unspecified atom stereocenters. The fraction of sp³-hybridized carbons (Fsp3) is 0.417. The van der Waals surface area contributed by atoms with Crippen molar-refractivity contribution in [3.05, 3.63) is 29.8 Å². The largest absolute Gasteiger partial charge is 0.466 e. The van der Waals surface area contributed by atoms with Gasteiger partial charge >= 0.3 is 5.97 Å². The summed E-state index contributed by atoms with van der Waals surface area (Å²) in [6.07, 6.45) is 0.400. The predicted octanol–water partition coefficient (Wildman–Crippen LogP) is 2.33. The van der Waals surface area contributed by atoms with Crippen molar-refractivity contribution in [2.45, 2.75) is 26.2 Å². The number of benzene rings is 1. The topological polar surface area (TPSA) is 52.3 Å². The Labute approximate surface area is 90.2 Å². The molecule has 0 aliphatic carbocycles. The molecule has 0 aliphatic heterocycles. The summed E-state index contributed by atoms with van der Waals surface area (Å²) in [6.45, 7) is 4.23. The Balaban J connectivity index is 2.60. The number of hydrogen-bond acceptors (Lipinski definition) is 3. The molecular formula is C12H17NO2. The van der Waals surface area contributed by atoms with Gasteiger partial charge in [-0.15, -0.1) is 0 Å². The molecule has 1 rings (SSSR count). The summed E-state index contributed by atoms with van der Waals surface area (Å²) in [5.74, 6) is -0.0139. The van der Waals surface area contributed by atoms with E-state index in [1.165, 1.54) is 0 Å². The molecule has 2 N–H and O–H groups in total. The number of ether oxygens (including phenoxy) is 1. The average Bonchev–Trinajstić information content (AvgIpc) is 2.18. The Kier molecular flexibility index (Phi) is 4.16. The molecule has 0 aliphatic rings. The van der Waals surface area contributed by atoms with Crippen LogP contribution in [-0.2, 0) is 9.53 Å². The van der Waals surface area contributed by atoms with E-state index in [1.54, 1.807) is 0 Å². The number of nitrogen functional groups attached to an aromatic ring is 1. The molecule has 3 nitrogen and oxygen atoms in total. The van der Waals surface area contributed by atoms with Gasteiger partial charge in [-0.1, -0.05) is 19.1 Å². The van der Waals surface area contributed by atoms with E-state index in [9.17, 15) is 4.79 Å². The van der Waals surface area contributed by atoms with Gasteiger partial charge in [-0.3, -0.25) is 4.79 Å². The number of esters is 1. The molecule has 0 heterocycles. The summed E-state index contributed by atoms with van der Waals surface area (Å²) < 4.78 is 4.89. The molecule has 0 radical (unpaired) electrons. The number of rotatable bonds is 4. The van der Waals surface area contributed by atoms with E-state index in [2.05, 4.69) is 0 Å². The normalized spacial score (nSPS) is 12.1. The van der Waals surface area contributed by atoms with Crippen molar-refractivity contribution < 1.29 is 9.53 Å². The third kappa shape index (κ3) is 3.62. The zero-order valence-corrected chi connectivity index (χ0v) is 9.19. The van der Waals surface area contributed by atoms with Gasteiger partial charge in [0.05, 0.1) is 13.0 Å². The van der Waals surface area contributed by atoms with E-state index in [-0.39, 0.29) is 11.9 Å². The van der Waals surface area contributed by atoms with Crippen LogP contribution in [0.25, 0.3) is 0 Å². The molecule has 0 saturated heterocycles. The standard InChI is InChI=1S/C12H17NO2/c1-3-15-12(14)7-9(2)10-5-4-6-11(13)8-10/h4-6,8-9H,3,7,13H2,1-2H3. The minimum absolute atomic E-state index is 0.146. The molecule has 1 aromatic carbocycles. The van der Waals surface area contributed by atoms with Gasteiger partial charge in [0.2, 0.25) is 0 Å². The highest BCUT2D eigenvalue weighted by atomic mass is 16.5. The van der Waals surface area contributed by atoms with Gasteiger partial charge < -0.3 is 10.5 Å². The van der Waals surface area contributed by atoms with Crippen molar-refractivity contribution >= 4 is 11.7 Å². The van der Waals surface area contributed by atoms with Gasteiger partial charge in [-0.25, -0.2) is 0 Å². The molecule has 3 heteroatoms. The predicted molar refractivity (Wildman–Crippen MR) is 60.5 cm³/mol. The summed E-state index contributed by atoms with van der Waals surface area (Å²) in [5, 5.41) is 0. The molecule has 1 atom stereocenters. The van der Waals surface area contributed by atoms with Crippen molar-refractivity contribution in [3.8, 4) is 0 Å². The van der Waals surface area contributed by atoms with Gasteiger partial charge in [-0.05, 0) is 30.5 Å². The smallest absolute Gasteiger partial charge is 0.306 e. The maximum absolute atomic E-state index is 11.3. The van der Waals surface area contributed by atoms with Crippen LogP contribution in [-0.4, -0.2) is 12.6 Å². The van der Waals surface area contributed by atoms with E-state index in [4.69, 9.17) is 10.5 Å². The van der Waals surface area contributed by atoms with Crippen LogP contribution in [0.15, 0.2) is 24.3 Å². The number of carbonyl (C=O) groups is 1. The second-order valence-corrected chi connectivity index (χ2v) is 3.58. The van der Waals surface area contributed by atoms with Gasteiger partial charge in [0, 0.05) is 5.69 Å². The van der Waals surface area contributed by atoms with Crippen LogP contribution in [0.5, 0.6) is 0 Å². The fourth-order valence-electron chi connectivity index (χ4n) is 1.45. The number of hydrogen-bond donors (Lipinski definition) is 1. The number of anilines is 1. The highest BCUT2D eigenvalue weighted by molar-refractivity contribution is 5.70. The third-order valence-corrected chi connectivity index (χ3v) is 2.26. The molecule has 1 aromatic rings. The van der Waals surface area contributed by atoms with Gasteiger partial charge in [0.1, 0.15) is 0 Å². The molecule has 0 spiro atoms. The van der Waals surface area contributed by atoms with Crippen LogP contribution < -0.4 is 5.73 Å². The zero-order chi connectivity index (χ0) is 11.3. The second kappa shape index (κ2) is 5.39. The van der Waals surface area contributed by atoms with E-state index < -0.39 is 0 Å². The SMILES string of the molecule is CCOC(=O)CC(C)c1cccc(N)c1. The minimum Gasteiger partial charge on any atom is -0.466 e. The molecule has 0 fully saturated rings. The van der Waals surface area contributed by atoms with E-state index >= 15 is 0 Å². The van der Waals surface area contributed by atoms with Crippen LogP contribution in [0.4, 0.5) is 5.69 Å². The highest BCUT2D eigenvalue weighted by Crippen LogP contribution is 2.21. The number of nitrogens with two attached hydrogens (primary N) is 1. The molecule has 0 saturated carbocycles. The summed E-state index contributed by atoms with van der Waals surface area (Å²) in [7, 11) is 0. The lowest BCUT2D eigenvalue weighted by Crippen LogP contribution is -2.08. The van der Waals surface area contributed by atoms with Gasteiger partial charge in [0.15, 0.2) is 0 Å². The van der Waals surface area contributed by atoms with Crippen molar-refractivity contribution in [3.63, 3.8) is 0 Å². The molecule has 0 amide bonds. The summed E-state index contributed by atoms with van der Waals surface area (Å²) in [4.78, 5) is 11.3. The quantitative estimate of drug-likeness (QED) is 0.609. The van der Waals surface area contributed by atoms with Crippen LogP contribution >= 0.6 is 0 Å². The summed E-state index contributed by atoms with van der Waals surface area (Å²) in [5.41, 5.74) is 7.47. The number of carbonyl (C=O) groups excluding carboxylic acids is 1. The summed E-state index contributed by atoms with van der Waals surface area (Å²) in [6, 6.07) is 7.59. The monoisotopic (exact) mass is 207 g/mol. The Bertz CT molecular complexity index is 336. The fourth-order valence-corrected chi connectivity index (χ4v) is 1.45. The lowest BCUT2D eigenvalue weighted by molar-refractivity contribution is -0.143. The van der Waals surface area contributed by atoms with E-state index in [1.807, 2.05) is 38.1 Å². The first-order valence-corrected chi connectivity index (χ1v) is 5.14. The van der Waals surface area contributed by atoms with E-state index in [0.29, 0.717) is 13.0 Å². The van der Waals surface area contributed by atoms with Crippen LogP contribution in [0.3, 0.4) is 0 Å². The Morgan fingerprint density at radius 1 is 1.53 bits per heavy atom. The molecule has 82 valence electrons. The first-order chi connectivity index (χ1) is 7.13. The lowest BCUT2D eigenvalue weighted by Gasteiger charge is -2.11. The average molecular weight is 207 g/mol. The van der Waals surface area contributed by atoms with Crippen molar-refractivity contribution in [1.29, 1.82) is 0 Å². The van der Waals surface area contributed by atoms with Gasteiger partial charge in [-0.2, -0.15) is 0 Å². The lowest BCUT2D eigenvalue weighted by atomic mass is 9.97. The van der Waals surface area contributed by atoms with Crippen LogP contribution in [0.1, 0.15) is 31.7 Å². The summed E-state index contributed by atoms with van der Waals surface area (Å²) >= 11 is 0. The Morgan fingerprint density at radius 3 is 2.87 bits per heavy atom. The van der Waals surface area contributed by atoms with Crippen molar-refractivity contribution in [1.82, 2.24) is 0 Å². The minimum atomic E-state index is -0.160. The molecule has 0 bridgehead atoms. The van der Waals surface area contributed by atoms with Crippen LogP contribution in [0, 0.1) is 0 Å². The van der Waals surface area contributed by atoms with Crippen molar-refractivity contribution in [2.75, 3.05) is 12.3 Å². The third-order valence-electron chi connectivity index (χ3n) is 2.26. The molecular weight excluding hydrogens is 190 g/mol. The van der Waals surface area contributed by atoms with Crippen LogP contribution in [0.2, 0.25) is 0 Å². The van der Waals surface area contributed by atoms with Crippen molar-refractivity contribution in [2.24, 2.45) is 0 Å². The zero-order valence-electron chi connectivity index (χ0n) is 9.19. The maximum Gasteiger partial charge on any atom is 0.306 e.